The van der Waals surface area contributed by atoms with E-state index in [1.807, 2.05) is 48.5 Å². The van der Waals surface area contributed by atoms with Gasteiger partial charge in [0.1, 0.15) is 6.42 Å². The Bertz CT molecular complexity index is 837. The van der Waals surface area contributed by atoms with Crippen LogP contribution in [0.1, 0.15) is 31.4 Å². The number of carbonyl (C=O) groups excluding carboxylic acids is 2. The van der Waals surface area contributed by atoms with Crippen LogP contribution in [0.4, 0.5) is 0 Å². The second-order valence-corrected chi connectivity index (χ2v) is 7.49. The van der Waals surface area contributed by atoms with Gasteiger partial charge in [-0.05, 0) is 49.2 Å². The highest BCUT2D eigenvalue weighted by Gasteiger charge is 2.09. The maximum Gasteiger partial charge on any atom is 0.249 e. The summed E-state index contributed by atoms with van der Waals surface area (Å²) in [5.41, 5.74) is 7.75. The van der Waals surface area contributed by atoms with E-state index >= 15 is 0 Å². The first-order valence-corrected chi connectivity index (χ1v) is 9.62. The van der Waals surface area contributed by atoms with Gasteiger partial charge in [0, 0.05) is 8.95 Å². The van der Waals surface area contributed by atoms with E-state index in [1.54, 1.807) is 13.8 Å². The average molecular weight is 494 g/mol. The first-order chi connectivity index (χ1) is 12.8. The lowest BCUT2D eigenvalue weighted by Crippen LogP contribution is -2.28. The first kappa shape index (κ1) is 21.0. The van der Waals surface area contributed by atoms with Crippen molar-refractivity contribution in [3.8, 4) is 0 Å². The van der Waals surface area contributed by atoms with E-state index in [0.29, 0.717) is 11.4 Å². The van der Waals surface area contributed by atoms with Gasteiger partial charge in [0.05, 0.1) is 11.4 Å². The van der Waals surface area contributed by atoms with E-state index in [4.69, 9.17) is 0 Å². The summed E-state index contributed by atoms with van der Waals surface area (Å²) in [6.45, 7) is 3.54. The predicted molar refractivity (Wildman–Crippen MR) is 114 cm³/mol. The molecule has 0 radical (unpaired) electrons. The Labute approximate surface area is 174 Å². The zero-order valence-electron chi connectivity index (χ0n) is 14.8. The summed E-state index contributed by atoms with van der Waals surface area (Å²) >= 11 is 6.77. The van der Waals surface area contributed by atoms with Crippen LogP contribution in [0.2, 0.25) is 0 Å². The van der Waals surface area contributed by atoms with Crippen molar-refractivity contribution < 1.29 is 9.59 Å². The lowest BCUT2D eigenvalue weighted by Gasteiger charge is -2.04. The quantitative estimate of drug-likeness (QED) is 0.362. The molecule has 0 aromatic heterocycles. The molecule has 2 aromatic carbocycles. The monoisotopic (exact) mass is 492 g/mol. The molecule has 0 atom stereocenters. The van der Waals surface area contributed by atoms with Crippen molar-refractivity contribution in [2.24, 2.45) is 10.2 Å². The predicted octanol–water partition coefficient (Wildman–Crippen LogP) is 3.98. The molecule has 6 nitrogen and oxygen atoms in total. The van der Waals surface area contributed by atoms with E-state index < -0.39 is 11.8 Å². The molecule has 2 N–H and O–H groups in total. The minimum absolute atomic E-state index is 0.371. The lowest BCUT2D eigenvalue weighted by molar-refractivity contribution is -0.129. The molecule has 0 unspecified atom stereocenters. The summed E-state index contributed by atoms with van der Waals surface area (Å²) in [5.74, 6) is -1.03. The standard InChI is InChI=1S/C19H18Br2N4O2/c1-12(14-5-3-7-16(20)9-14)22-24-18(26)11-19(27)25-23-13(2)15-6-4-8-17(21)10-15/h3-10H,11H2,1-2H3,(H,24,26)(H,25,27)/b22-12-,23-13+. The van der Waals surface area contributed by atoms with Crippen LogP contribution in [-0.2, 0) is 9.59 Å². The van der Waals surface area contributed by atoms with Crippen molar-refractivity contribution in [2.75, 3.05) is 0 Å². The van der Waals surface area contributed by atoms with Crippen LogP contribution < -0.4 is 10.9 Å². The smallest absolute Gasteiger partial charge is 0.249 e. The second kappa shape index (κ2) is 10.1. The second-order valence-electron chi connectivity index (χ2n) is 5.66. The molecule has 0 fully saturated rings. The maximum atomic E-state index is 11.9. The van der Waals surface area contributed by atoms with Crippen molar-refractivity contribution in [1.29, 1.82) is 0 Å². The van der Waals surface area contributed by atoms with Gasteiger partial charge in [-0.2, -0.15) is 10.2 Å². The third-order valence-corrected chi connectivity index (χ3v) is 4.49. The van der Waals surface area contributed by atoms with E-state index in [0.717, 1.165) is 20.1 Å². The number of amides is 2. The molecule has 0 aliphatic heterocycles. The maximum absolute atomic E-state index is 11.9. The number of carbonyl (C=O) groups is 2. The van der Waals surface area contributed by atoms with Crippen LogP contribution >= 0.6 is 31.9 Å². The number of halogens is 2. The minimum atomic E-state index is -0.517. The van der Waals surface area contributed by atoms with Crippen LogP contribution in [-0.4, -0.2) is 23.2 Å². The van der Waals surface area contributed by atoms with Crippen molar-refractivity contribution in [3.05, 3.63) is 68.6 Å². The molecule has 0 heterocycles. The number of rotatable bonds is 6. The molecule has 2 amide bonds. The minimum Gasteiger partial charge on any atom is -0.273 e. The van der Waals surface area contributed by atoms with Crippen molar-refractivity contribution in [1.82, 2.24) is 10.9 Å². The van der Waals surface area contributed by atoms with Gasteiger partial charge in [0.15, 0.2) is 0 Å². The Balaban J connectivity index is 1.87. The highest BCUT2D eigenvalue weighted by molar-refractivity contribution is 9.10. The van der Waals surface area contributed by atoms with Crippen LogP contribution in [0.3, 0.4) is 0 Å². The summed E-state index contributed by atoms with van der Waals surface area (Å²) in [7, 11) is 0. The summed E-state index contributed by atoms with van der Waals surface area (Å²) in [4.78, 5) is 23.7. The third-order valence-electron chi connectivity index (χ3n) is 3.50. The van der Waals surface area contributed by atoms with E-state index in [9.17, 15) is 9.59 Å². The zero-order valence-corrected chi connectivity index (χ0v) is 18.0. The molecule has 0 bridgehead atoms. The number of nitrogens with zero attached hydrogens (tertiary/aromatic N) is 2. The number of hydrazone groups is 2. The molecule has 8 heteroatoms. The fourth-order valence-electron chi connectivity index (χ4n) is 2.07. The van der Waals surface area contributed by atoms with E-state index in [1.165, 1.54) is 0 Å². The Hall–Kier alpha value is -2.32. The van der Waals surface area contributed by atoms with Crippen molar-refractivity contribution >= 4 is 55.1 Å². The first-order valence-electron chi connectivity index (χ1n) is 8.03. The van der Waals surface area contributed by atoms with Gasteiger partial charge in [-0.3, -0.25) is 9.59 Å². The van der Waals surface area contributed by atoms with Crippen LogP contribution in [0.25, 0.3) is 0 Å². The fraction of sp³-hybridized carbons (Fsp3) is 0.158. The number of nitrogens with one attached hydrogen (secondary N) is 2. The van der Waals surface area contributed by atoms with E-state index in [2.05, 4.69) is 52.9 Å². The largest absolute Gasteiger partial charge is 0.273 e. The molecule has 0 aliphatic carbocycles. The van der Waals surface area contributed by atoms with Crippen LogP contribution in [0, 0.1) is 0 Å². The molecule has 140 valence electrons. The molecule has 0 saturated carbocycles. The van der Waals surface area contributed by atoms with Gasteiger partial charge in [-0.1, -0.05) is 56.1 Å². The third kappa shape index (κ3) is 7.07. The number of hydrogen-bond acceptors (Lipinski definition) is 4. The summed E-state index contributed by atoms with van der Waals surface area (Å²) in [6, 6.07) is 15.1. The Morgan fingerprint density at radius 1 is 0.815 bits per heavy atom. The van der Waals surface area contributed by atoms with Crippen molar-refractivity contribution in [3.63, 3.8) is 0 Å². The number of hydrogen-bond donors (Lipinski definition) is 2. The van der Waals surface area contributed by atoms with Gasteiger partial charge < -0.3 is 0 Å². The Morgan fingerprint density at radius 3 is 1.59 bits per heavy atom. The number of benzene rings is 2. The van der Waals surface area contributed by atoms with Gasteiger partial charge >= 0.3 is 0 Å². The summed E-state index contributed by atoms with van der Waals surface area (Å²) < 4.78 is 1.83. The van der Waals surface area contributed by atoms with Gasteiger partial charge in [-0.15, -0.1) is 0 Å². The normalized spacial score (nSPS) is 11.9. The van der Waals surface area contributed by atoms with E-state index in [-0.39, 0.29) is 6.42 Å². The van der Waals surface area contributed by atoms with Crippen molar-refractivity contribution in [2.45, 2.75) is 20.3 Å². The highest BCUT2D eigenvalue weighted by Crippen LogP contribution is 2.13. The summed E-state index contributed by atoms with van der Waals surface area (Å²) in [5, 5.41) is 8.03. The summed E-state index contributed by atoms with van der Waals surface area (Å²) in [6.07, 6.45) is -0.371. The fourth-order valence-corrected chi connectivity index (χ4v) is 2.87. The zero-order chi connectivity index (χ0) is 19.8. The SMILES string of the molecule is C/C(=N/NC(=O)CC(=O)N/N=C(\C)c1cccc(Br)c1)c1cccc(Br)c1. The van der Waals surface area contributed by atoms with Gasteiger partial charge in [0.2, 0.25) is 11.8 Å². The topological polar surface area (TPSA) is 82.9 Å². The Kier molecular flexibility index (Phi) is 7.87. The van der Waals surface area contributed by atoms with Crippen LogP contribution in [0.5, 0.6) is 0 Å². The molecule has 0 spiro atoms. The highest BCUT2D eigenvalue weighted by atomic mass is 79.9. The average Bonchev–Trinajstić information content (AvgIpc) is 2.64. The Morgan fingerprint density at radius 2 is 1.22 bits per heavy atom. The molecule has 0 saturated heterocycles. The van der Waals surface area contributed by atoms with Gasteiger partial charge in [0.25, 0.3) is 0 Å². The molecule has 0 aliphatic rings. The molecular formula is C19H18Br2N4O2. The van der Waals surface area contributed by atoms with Gasteiger partial charge in [-0.25, -0.2) is 10.9 Å². The molecule has 27 heavy (non-hydrogen) atoms. The molecule has 2 aromatic rings. The lowest BCUT2D eigenvalue weighted by atomic mass is 10.1. The van der Waals surface area contributed by atoms with Crippen LogP contribution in [0.15, 0.2) is 67.7 Å². The molecule has 2 rings (SSSR count). The molecular weight excluding hydrogens is 476 g/mol.